The second-order valence-corrected chi connectivity index (χ2v) is 4.35. The number of sulfone groups is 1. The molecule has 1 aromatic carbocycles. The van der Waals surface area contributed by atoms with Crippen LogP contribution in [0.2, 0.25) is 0 Å². The summed E-state index contributed by atoms with van der Waals surface area (Å²) in [7, 11) is -3.50. The monoisotopic (exact) mass is 216 g/mol. The first-order valence-electron chi connectivity index (χ1n) is 3.57. The lowest BCUT2D eigenvalue weighted by molar-refractivity contribution is 0.506. The Labute approximate surface area is 80.5 Å². The zero-order valence-electron chi connectivity index (χ0n) is 7.21. The molecule has 2 nitrogen and oxygen atoms in total. The lowest BCUT2D eigenvalue weighted by atomic mass is 10.2. The van der Waals surface area contributed by atoms with Crippen molar-refractivity contribution in [2.75, 3.05) is 6.26 Å². The fourth-order valence-electron chi connectivity index (χ4n) is 0.748. The molecule has 0 fully saturated rings. The molecule has 1 rings (SSSR count). The Balaban J connectivity index is 3.21. The first-order chi connectivity index (χ1) is 6.40. The summed E-state index contributed by atoms with van der Waals surface area (Å²) in [4.78, 5) is 0. The second-order valence-electron chi connectivity index (χ2n) is 2.60. The Morgan fingerprint density at radius 3 is 2.50 bits per heavy atom. The topological polar surface area (TPSA) is 34.1 Å². The van der Waals surface area contributed by atoms with E-state index >= 15 is 0 Å². The summed E-state index contributed by atoms with van der Waals surface area (Å²) < 4.78 is 46.7. The van der Waals surface area contributed by atoms with E-state index in [0.29, 0.717) is 0 Å². The van der Waals surface area contributed by atoms with Crippen molar-refractivity contribution < 1.29 is 17.2 Å². The molecule has 74 valence electrons. The summed E-state index contributed by atoms with van der Waals surface area (Å²) in [6.45, 7) is 0. The molecule has 0 heterocycles. The number of halogens is 2. The van der Waals surface area contributed by atoms with Gasteiger partial charge in [-0.2, -0.15) is 0 Å². The van der Waals surface area contributed by atoms with Crippen LogP contribution in [0.3, 0.4) is 0 Å². The van der Waals surface area contributed by atoms with Crippen molar-refractivity contribution in [1.29, 1.82) is 0 Å². The Morgan fingerprint density at radius 2 is 1.93 bits per heavy atom. The molecule has 0 saturated carbocycles. The standard InChI is InChI=1S/C9H6F2O2S/c1-14(12,13)6-5-7-3-2-4-8(10)9(7)11/h2-4H,1H3. The number of hydrogen-bond donors (Lipinski definition) is 0. The molecular formula is C9H6F2O2S. The van der Waals surface area contributed by atoms with Crippen molar-refractivity contribution in [3.63, 3.8) is 0 Å². The minimum absolute atomic E-state index is 0.268. The van der Waals surface area contributed by atoms with Gasteiger partial charge in [0.15, 0.2) is 11.6 Å². The predicted molar refractivity (Wildman–Crippen MR) is 48.1 cm³/mol. The van der Waals surface area contributed by atoms with E-state index in [1.165, 1.54) is 12.1 Å². The molecule has 0 aliphatic carbocycles. The third kappa shape index (κ3) is 2.82. The number of hydrogen-bond acceptors (Lipinski definition) is 2. The maximum atomic E-state index is 12.9. The molecule has 0 N–H and O–H groups in total. The van der Waals surface area contributed by atoms with Gasteiger partial charge in [-0.15, -0.1) is 0 Å². The van der Waals surface area contributed by atoms with E-state index < -0.39 is 21.5 Å². The maximum Gasteiger partial charge on any atom is 0.214 e. The molecule has 0 saturated heterocycles. The van der Waals surface area contributed by atoms with Gasteiger partial charge in [0.1, 0.15) is 0 Å². The molecule has 1 aromatic rings. The summed E-state index contributed by atoms with van der Waals surface area (Å²) in [6, 6.07) is 3.39. The van der Waals surface area contributed by atoms with Gasteiger partial charge in [-0.05, 0) is 18.1 Å². The van der Waals surface area contributed by atoms with E-state index in [1.807, 2.05) is 11.2 Å². The lowest BCUT2D eigenvalue weighted by Crippen LogP contribution is -1.92. The summed E-state index contributed by atoms with van der Waals surface area (Å²) in [6.07, 6.45) is 0.886. The van der Waals surface area contributed by atoms with Crippen LogP contribution in [-0.4, -0.2) is 14.7 Å². The van der Waals surface area contributed by atoms with Crippen molar-refractivity contribution >= 4 is 9.84 Å². The predicted octanol–water partition coefficient (Wildman–Crippen LogP) is 1.32. The van der Waals surface area contributed by atoms with E-state index in [9.17, 15) is 17.2 Å². The molecule has 0 spiro atoms. The SMILES string of the molecule is CS(=O)(=O)C#Cc1cccc(F)c1F. The summed E-state index contributed by atoms with van der Waals surface area (Å²) in [5.41, 5.74) is -0.268. The van der Waals surface area contributed by atoms with E-state index in [4.69, 9.17) is 0 Å². The summed E-state index contributed by atoms with van der Waals surface area (Å²) in [5.74, 6) is -0.145. The van der Waals surface area contributed by atoms with Crippen LogP contribution in [0.1, 0.15) is 5.56 Å². The highest BCUT2D eigenvalue weighted by atomic mass is 32.2. The van der Waals surface area contributed by atoms with Gasteiger partial charge in [-0.1, -0.05) is 6.07 Å². The molecule has 0 bridgehead atoms. The second kappa shape index (κ2) is 3.76. The first-order valence-corrected chi connectivity index (χ1v) is 5.46. The van der Waals surface area contributed by atoms with Crippen molar-refractivity contribution in [2.45, 2.75) is 0 Å². The van der Waals surface area contributed by atoms with Crippen LogP contribution in [0.25, 0.3) is 0 Å². The number of rotatable bonds is 0. The molecule has 0 unspecified atom stereocenters. The average Bonchev–Trinajstić information content (AvgIpc) is 2.06. The fourth-order valence-corrected chi connectivity index (χ4v) is 1.04. The average molecular weight is 216 g/mol. The van der Waals surface area contributed by atoms with Crippen molar-refractivity contribution in [3.05, 3.63) is 35.4 Å². The zero-order valence-corrected chi connectivity index (χ0v) is 8.03. The van der Waals surface area contributed by atoms with Crippen molar-refractivity contribution in [2.24, 2.45) is 0 Å². The molecule has 0 aliphatic heterocycles. The minimum atomic E-state index is -3.50. The van der Waals surface area contributed by atoms with Crippen LogP contribution in [0.15, 0.2) is 18.2 Å². The Kier molecular flexibility index (Phi) is 2.87. The first kappa shape index (κ1) is 10.7. The van der Waals surface area contributed by atoms with Crippen LogP contribution in [0, 0.1) is 22.8 Å². The van der Waals surface area contributed by atoms with E-state index in [0.717, 1.165) is 12.3 Å². The van der Waals surface area contributed by atoms with Crippen LogP contribution >= 0.6 is 0 Å². The number of benzene rings is 1. The fraction of sp³-hybridized carbons (Fsp3) is 0.111. The largest absolute Gasteiger partial charge is 0.216 e. The van der Waals surface area contributed by atoms with Gasteiger partial charge in [-0.25, -0.2) is 17.2 Å². The van der Waals surface area contributed by atoms with Gasteiger partial charge in [0, 0.05) is 5.25 Å². The third-order valence-electron chi connectivity index (χ3n) is 1.32. The van der Waals surface area contributed by atoms with Gasteiger partial charge in [0.25, 0.3) is 0 Å². The molecular weight excluding hydrogens is 210 g/mol. The highest BCUT2D eigenvalue weighted by Gasteiger charge is 2.04. The minimum Gasteiger partial charge on any atom is -0.216 e. The van der Waals surface area contributed by atoms with Gasteiger partial charge >= 0.3 is 0 Å². The molecule has 0 atom stereocenters. The normalized spacial score (nSPS) is 10.5. The Hall–Kier alpha value is -1.41. The van der Waals surface area contributed by atoms with Crippen LogP contribution < -0.4 is 0 Å². The van der Waals surface area contributed by atoms with E-state index in [2.05, 4.69) is 0 Å². The third-order valence-corrected chi connectivity index (χ3v) is 1.80. The highest BCUT2D eigenvalue weighted by molar-refractivity contribution is 7.95. The molecule has 0 aliphatic rings. The van der Waals surface area contributed by atoms with Crippen molar-refractivity contribution in [3.8, 4) is 11.2 Å². The summed E-state index contributed by atoms with van der Waals surface area (Å²) >= 11 is 0. The summed E-state index contributed by atoms with van der Waals surface area (Å²) in [5, 5.41) is 1.82. The van der Waals surface area contributed by atoms with Crippen molar-refractivity contribution in [1.82, 2.24) is 0 Å². The lowest BCUT2D eigenvalue weighted by Gasteiger charge is -1.93. The van der Waals surface area contributed by atoms with Gasteiger partial charge < -0.3 is 0 Å². The molecule has 0 amide bonds. The quantitative estimate of drug-likeness (QED) is 0.613. The Morgan fingerprint density at radius 1 is 1.29 bits per heavy atom. The smallest absolute Gasteiger partial charge is 0.214 e. The van der Waals surface area contributed by atoms with Gasteiger partial charge in [-0.3, -0.25) is 0 Å². The zero-order chi connectivity index (χ0) is 10.8. The van der Waals surface area contributed by atoms with Crippen LogP contribution in [0.5, 0.6) is 0 Å². The van der Waals surface area contributed by atoms with Crippen LogP contribution in [-0.2, 0) is 9.84 Å². The Bertz CT molecular complexity index is 509. The van der Waals surface area contributed by atoms with E-state index in [-0.39, 0.29) is 5.56 Å². The van der Waals surface area contributed by atoms with Gasteiger partial charge in [0.2, 0.25) is 9.84 Å². The molecule has 5 heteroatoms. The molecule has 0 radical (unpaired) electrons. The maximum absolute atomic E-state index is 12.9. The highest BCUT2D eigenvalue weighted by Crippen LogP contribution is 2.09. The van der Waals surface area contributed by atoms with Crippen LogP contribution in [0.4, 0.5) is 8.78 Å². The van der Waals surface area contributed by atoms with E-state index in [1.54, 1.807) is 0 Å². The molecule has 0 aromatic heterocycles. The van der Waals surface area contributed by atoms with Gasteiger partial charge in [0.05, 0.1) is 11.8 Å². The molecule has 14 heavy (non-hydrogen) atoms.